The maximum absolute atomic E-state index is 12.4. The van der Waals surface area contributed by atoms with Gasteiger partial charge in [0.15, 0.2) is 0 Å². The lowest BCUT2D eigenvalue weighted by atomic mass is 9.96. The molecule has 3 rings (SSSR count). The van der Waals surface area contributed by atoms with Gasteiger partial charge in [0.25, 0.3) is 0 Å². The third kappa shape index (κ3) is 5.37. The quantitative estimate of drug-likeness (QED) is 0.784. The Morgan fingerprint density at radius 2 is 1.81 bits per heavy atom. The van der Waals surface area contributed by atoms with E-state index in [1.807, 2.05) is 36.4 Å². The summed E-state index contributed by atoms with van der Waals surface area (Å²) in [5.74, 6) is 0.475. The molecule has 0 unspecified atom stereocenters. The van der Waals surface area contributed by atoms with E-state index in [1.165, 1.54) is 0 Å². The van der Waals surface area contributed by atoms with Gasteiger partial charge in [0, 0.05) is 22.3 Å². The molecule has 2 amide bonds. The predicted octanol–water partition coefficient (Wildman–Crippen LogP) is 3.13. The van der Waals surface area contributed by atoms with E-state index >= 15 is 0 Å². The summed E-state index contributed by atoms with van der Waals surface area (Å²) in [5, 5.41) is 5.75. The summed E-state index contributed by atoms with van der Waals surface area (Å²) in [5.41, 5.74) is 0.800. The molecule has 1 aromatic carbocycles. The number of benzene rings is 1. The Labute approximate surface area is 161 Å². The van der Waals surface area contributed by atoms with E-state index in [2.05, 4.69) is 36.4 Å². The highest BCUT2D eigenvalue weighted by molar-refractivity contribution is 9.10. The summed E-state index contributed by atoms with van der Waals surface area (Å²) in [6.45, 7) is 1.81. The first-order valence-corrected chi connectivity index (χ1v) is 9.39. The molecule has 2 heterocycles. The zero-order valence-electron chi connectivity index (χ0n) is 14.3. The van der Waals surface area contributed by atoms with Crippen LogP contribution in [-0.2, 0) is 9.59 Å². The van der Waals surface area contributed by atoms with Crippen LogP contribution in [0.5, 0.6) is 0 Å². The SMILES string of the molecule is O=C(CN1CCC(C(=O)Nc2ccc(Br)cn2)CC1)Nc1ccccc1. The van der Waals surface area contributed by atoms with Gasteiger partial charge in [0.05, 0.1) is 6.54 Å². The number of hydrogen-bond acceptors (Lipinski definition) is 4. The van der Waals surface area contributed by atoms with Gasteiger partial charge < -0.3 is 10.6 Å². The van der Waals surface area contributed by atoms with Crippen molar-refractivity contribution in [1.82, 2.24) is 9.88 Å². The molecule has 1 saturated heterocycles. The third-order valence-electron chi connectivity index (χ3n) is 4.36. The average molecular weight is 417 g/mol. The van der Waals surface area contributed by atoms with Gasteiger partial charge >= 0.3 is 0 Å². The van der Waals surface area contributed by atoms with Crippen LogP contribution in [0.2, 0.25) is 0 Å². The second-order valence-electron chi connectivity index (χ2n) is 6.32. The smallest absolute Gasteiger partial charge is 0.238 e. The number of anilines is 2. The lowest BCUT2D eigenvalue weighted by molar-refractivity contribution is -0.121. The molecule has 0 spiro atoms. The molecule has 2 aromatic rings. The number of aromatic nitrogens is 1. The molecule has 6 nitrogen and oxygen atoms in total. The number of hydrogen-bond donors (Lipinski definition) is 2. The van der Waals surface area contributed by atoms with E-state index in [-0.39, 0.29) is 17.7 Å². The van der Waals surface area contributed by atoms with Gasteiger partial charge in [-0.25, -0.2) is 4.98 Å². The number of likely N-dealkylation sites (tertiary alicyclic amines) is 1. The molecule has 2 N–H and O–H groups in total. The molecule has 7 heteroatoms. The summed E-state index contributed by atoms with van der Waals surface area (Å²) < 4.78 is 0.873. The Morgan fingerprint density at radius 3 is 2.46 bits per heavy atom. The largest absolute Gasteiger partial charge is 0.325 e. The molecule has 0 aliphatic carbocycles. The molecule has 26 heavy (non-hydrogen) atoms. The van der Waals surface area contributed by atoms with Crippen LogP contribution >= 0.6 is 15.9 Å². The Hall–Kier alpha value is -2.25. The van der Waals surface area contributed by atoms with Crippen LogP contribution < -0.4 is 10.6 Å². The number of pyridine rings is 1. The van der Waals surface area contributed by atoms with Gasteiger partial charge in [-0.1, -0.05) is 18.2 Å². The first-order valence-electron chi connectivity index (χ1n) is 8.60. The average Bonchev–Trinajstić information content (AvgIpc) is 2.65. The lowest BCUT2D eigenvalue weighted by Crippen LogP contribution is -2.41. The Bertz CT molecular complexity index is 744. The monoisotopic (exact) mass is 416 g/mol. The number of carbonyl (C=O) groups excluding carboxylic acids is 2. The number of piperidine rings is 1. The van der Waals surface area contributed by atoms with E-state index < -0.39 is 0 Å². The number of rotatable bonds is 5. The fourth-order valence-electron chi connectivity index (χ4n) is 2.96. The highest BCUT2D eigenvalue weighted by Gasteiger charge is 2.26. The molecule has 1 fully saturated rings. The number of nitrogens with zero attached hydrogens (tertiary/aromatic N) is 2. The lowest BCUT2D eigenvalue weighted by Gasteiger charge is -2.30. The molecule has 136 valence electrons. The van der Waals surface area contributed by atoms with E-state index in [9.17, 15) is 9.59 Å². The van der Waals surface area contributed by atoms with Crippen LogP contribution in [0.4, 0.5) is 11.5 Å². The minimum Gasteiger partial charge on any atom is -0.325 e. The predicted molar refractivity (Wildman–Crippen MR) is 105 cm³/mol. The number of para-hydroxylation sites is 1. The van der Waals surface area contributed by atoms with Gasteiger partial charge in [-0.3, -0.25) is 14.5 Å². The maximum atomic E-state index is 12.4. The molecule has 0 saturated carbocycles. The minimum atomic E-state index is -0.0473. The number of halogens is 1. The molecule has 1 aliphatic heterocycles. The fraction of sp³-hybridized carbons (Fsp3) is 0.316. The normalized spacial score (nSPS) is 15.4. The van der Waals surface area contributed by atoms with Crippen molar-refractivity contribution in [1.29, 1.82) is 0 Å². The Balaban J connectivity index is 1.42. The molecule has 0 atom stereocenters. The summed E-state index contributed by atoms with van der Waals surface area (Å²) in [6, 6.07) is 13.0. The summed E-state index contributed by atoms with van der Waals surface area (Å²) in [7, 11) is 0. The van der Waals surface area contributed by atoms with Crippen LogP contribution in [0.3, 0.4) is 0 Å². The van der Waals surface area contributed by atoms with Crippen LogP contribution in [0.1, 0.15) is 12.8 Å². The number of nitrogens with one attached hydrogen (secondary N) is 2. The van der Waals surface area contributed by atoms with Crippen molar-refractivity contribution in [2.45, 2.75) is 12.8 Å². The number of carbonyl (C=O) groups is 2. The zero-order valence-corrected chi connectivity index (χ0v) is 15.9. The molecule has 1 aromatic heterocycles. The Kier molecular flexibility index (Phi) is 6.35. The van der Waals surface area contributed by atoms with Crippen LogP contribution in [-0.4, -0.2) is 41.3 Å². The second-order valence-corrected chi connectivity index (χ2v) is 7.23. The number of amides is 2. The Morgan fingerprint density at radius 1 is 1.08 bits per heavy atom. The van der Waals surface area contributed by atoms with Crippen molar-refractivity contribution in [3.8, 4) is 0 Å². The summed E-state index contributed by atoms with van der Waals surface area (Å²) in [4.78, 5) is 30.7. The van der Waals surface area contributed by atoms with E-state index in [4.69, 9.17) is 0 Å². The van der Waals surface area contributed by atoms with Crippen molar-refractivity contribution in [3.63, 3.8) is 0 Å². The third-order valence-corrected chi connectivity index (χ3v) is 4.83. The molecular formula is C19H21BrN4O2. The van der Waals surface area contributed by atoms with E-state index in [0.29, 0.717) is 12.4 Å². The van der Waals surface area contributed by atoms with Crippen molar-refractivity contribution in [2.24, 2.45) is 5.92 Å². The topological polar surface area (TPSA) is 74.3 Å². The first-order chi connectivity index (χ1) is 12.6. The van der Waals surface area contributed by atoms with Gasteiger partial charge in [-0.05, 0) is 66.1 Å². The van der Waals surface area contributed by atoms with Gasteiger partial charge in [0.1, 0.15) is 5.82 Å². The fourth-order valence-corrected chi connectivity index (χ4v) is 3.19. The van der Waals surface area contributed by atoms with Gasteiger partial charge in [0.2, 0.25) is 11.8 Å². The van der Waals surface area contributed by atoms with Gasteiger partial charge in [-0.2, -0.15) is 0 Å². The van der Waals surface area contributed by atoms with Crippen molar-refractivity contribution in [2.75, 3.05) is 30.3 Å². The second kappa shape index (κ2) is 8.91. The summed E-state index contributed by atoms with van der Waals surface area (Å²) in [6.07, 6.45) is 3.13. The zero-order chi connectivity index (χ0) is 18.4. The molecule has 0 radical (unpaired) electrons. The van der Waals surface area contributed by atoms with Crippen LogP contribution in [0, 0.1) is 5.92 Å². The van der Waals surface area contributed by atoms with E-state index in [0.717, 1.165) is 36.1 Å². The highest BCUT2D eigenvalue weighted by Crippen LogP contribution is 2.19. The minimum absolute atomic E-state index is 0.00629. The van der Waals surface area contributed by atoms with Gasteiger partial charge in [-0.15, -0.1) is 0 Å². The highest BCUT2D eigenvalue weighted by atomic mass is 79.9. The molecule has 1 aliphatic rings. The van der Waals surface area contributed by atoms with Crippen LogP contribution in [0.25, 0.3) is 0 Å². The first kappa shape index (κ1) is 18.5. The summed E-state index contributed by atoms with van der Waals surface area (Å²) >= 11 is 3.32. The van der Waals surface area contributed by atoms with Crippen LogP contribution in [0.15, 0.2) is 53.1 Å². The van der Waals surface area contributed by atoms with E-state index in [1.54, 1.807) is 12.3 Å². The maximum Gasteiger partial charge on any atom is 0.238 e. The van der Waals surface area contributed by atoms with Crippen molar-refractivity contribution < 1.29 is 9.59 Å². The molecule has 0 bridgehead atoms. The van der Waals surface area contributed by atoms with Crippen molar-refractivity contribution >= 4 is 39.2 Å². The molecular weight excluding hydrogens is 396 g/mol. The standard InChI is InChI=1S/C19H21BrN4O2/c20-15-6-7-17(21-12-15)23-19(26)14-8-10-24(11-9-14)13-18(25)22-16-4-2-1-3-5-16/h1-7,12,14H,8-11,13H2,(H,22,25)(H,21,23,26). The van der Waals surface area contributed by atoms with Crippen molar-refractivity contribution in [3.05, 3.63) is 53.1 Å².